The van der Waals surface area contributed by atoms with Crippen molar-refractivity contribution in [3.8, 4) is 11.5 Å². The number of ether oxygens (including phenoxy) is 2. The maximum Gasteiger partial charge on any atom is 0.182 e. The number of nitrogens with two attached hydrogens (primary N) is 1. The second-order valence-electron chi connectivity index (χ2n) is 5.97. The summed E-state index contributed by atoms with van der Waals surface area (Å²) in [6.45, 7) is 1.48. The van der Waals surface area contributed by atoms with Gasteiger partial charge in [-0.15, -0.1) is 0 Å². The molecular formula is C16H21ClFNO2. The molecule has 0 amide bonds. The van der Waals surface area contributed by atoms with E-state index >= 15 is 0 Å². The first-order chi connectivity index (χ1) is 10.2. The van der Waals surface area contributed by atoms with Crippen molar-refractivity contribution >= 4 is 11.6 Å². The molecular weight excluding hydrogens is 293 g/mol. The average molecular weight is 314 g/mol. The number of fused-ring (bicyclic) bond motifs is 1. The Kier molecular flexibility index (Phi) is 4.27. The Hall–Kier alpha value is -1.00. The summed E-state index contributed by atoms with van der Waals surface area (Å²) >= 11 is 6.21. The highest BCUT2D eigenvalue weighted by molar-refractivity contribution is 6.32. The average Bonchev–Trinajstić information content (AvgIpc) is 2.77. The molecule has 0 bridgehead atoms. The summed E-state index contributed by atoms with van der Waals surface area (Å²) in [6.07, 6.45) is 5.89. The molecule has 3 nitrogen and oxygen atoms in total. The van der Waals surface area contributed by atoms with Crippen LogP contribution in [0.15, 0.2) is 6.07 Å². The first-order valence-electron chi connectivity index (χ1n) is 7.66. The molecule has 0 radical (unpaired) electrons. The van der Waals surface area contributed by atoms with Gasteiger partial charge in [-0.3, -0.25) is 0 Å². The Morgan fingerprint density at radius 2 is 1.86 bits per heavy atom. The first kappa shape index (κ1) is 14.9. The van der Waals surface area contributed by atoms with Gasteiger partial charge in [-0.25, -0.2) is 4.39 Å². The Labute approximate surface area is 129 Å². The van der Waals surface area contributed by atoms with Gasteiger partial charge in [0, 0.05) is 23.9 Å². The van der Waals surface area contributed by atoms with Crippen molar-refractivity contribution in [2.75, 3.05) is 19.8 Å². The van der Waals surface area contributed by atoms with Gasteiger partial charge in [-0.2, -0.15) is 0 Å². The minimum Gasteiger partial charge on any atom is -0.489 e. The zero-order valence-corrected chi connectivity index (χ0v) is 12.8. The SMILES string of the molecule is NCC1(c2cc3c(c(Cl)c2F)OCCCO3)CCCCC1. The summed E-state index contributed by atoms with van der Waals surface area (Å²) in [7, 11) is 0. The number of hydrogen-bond donors (Lipinski definition) is 1. The Morgan fingerprint density at radius 1 is 1.14 bits per heavy atom. The van der Waals surface area contributed by atoms with E-state index in [0.29, 0.717) is 36.8 Å². The van der Waals surface area contributed by atoms with E-state index in [1.54, 1.807) is 6.07 Å². The largest absolute Gasteiger partial charge is 0.489 e. The maximum atomic E-state index is 14.8. The quantitative estimate of drug-likeness (QED) is 0.903. The van der Waals surface area contributed by atoms with E-state index in [1.807, 2.05) is 0 Å². The van der Waals surface area contributed by atoms with Crippen LogP contribution in [0, 0.1) is 5.82 Å². The van der Waals surface area contributed by atoms with Crippen LogP contribution in [-0.2, 0) is 5.41 Å². The third-order valence-electron chi connectivity index (χ3n) is 4.69. The van der Waals surface area contributed by atoms with Gasteiger partial charge in [0.1, 0.15) is 10.8 Å². The zero-order valence-electron chi connectivity index (χ0n) is 12.1. The molecule has 2 N–H and O–H groups in total. The third kappa shape index (κ3) is 2.59. The van der Waals surface area contributed by atoms with Crippen LogP contribution in [0.25, 0.3) is 0 Å². The van der Waals surface area contributed by atoms with E-state index in [0.717, 1.165) is 32.1 Å². The smallest absolute Gasteiger partial charge is 0.182 e. The summed E-state index contributed by atoms with van der Waals surface area (Å²) in [5.41, 5.74) is 6.29. The fourth-order valence-electron chi connectivity index (χ4n) is 3.44. The van der Waals surface area contributed by atoms with Crippen molar-refractivity contribution < 1.29 is 13.9 Å². The van der Waals surface area contributed by atoms with Crippen LogP contribution in [0.4, 0.5) is 4.39 Å². The van der Waals surface area contributed by atoms with E-state index in [2.05, 4.69) is 0 Å². The van der Waals surface area contributed by atoms with Crippen LogP contribution in [-0.4, -0.2) is 19.8 Å². The lowest BCUT2D eigenvalue weighted by Gasteiger charge is -2.37. The summed E-state index contributed by atoms with van der Waals surface area (Å²) in [4.78, 5) is 0. The molecule has 3 rings (SSSR count). The van der Waals surface area contributed by atoms with E-state index in [1.165, 1.54) is 6.42 Å². The topological polar surface area (TPSA) is 44.5 Å². The van der Waals surface area contributed by atoms with Crippen LogP contribution in [0.5, 0.6) is 11.5 Å². The third-order valence-corrected chi connectivity index (χ3v) is 5.03. The molecule has 0 saturated heterocycles. The van der Waals surface area contributed by atoms with E-state index in [9.17, 15) is 4.39 Å². The second-order valence-corrected chi connectivity index (χ2v) is 6.35. The molecule has 116 valence electrons. The highest BCUT2D eigenvalue weighted by atomic mass is 35.5. The molecule has 1 aliphatic heterocycles. The van der Waals surface area contributed by atoms with E-state index < -0.39 is 5.82 Å². The van der Waals surface area contributed by atoms with Gasteiger partial charge in [0.2, 0.25) is 0 Å². The second kappa shape index (κ2) is 6.01. The monoisotopic (exact) mass is 313 g/mol. The minimum absolute atomic E-state index is 0.0304. The van der Waals surface area contributed by atoms with Crippen LogP contribution in [0.3, 0.4) is 0 Å². The van der Waals surface area contributed by atoms with Crippen LogP contribution in [0.2, 0.25) is 5.02 Å². The van der Waals surface area contributed by atoms with Gasteiger partial charge in [-0.1, -0.05) is 30.9 Å². The predicted molar refractivity (Wildman–Crippen MR) is 80.8 cm³/mol. The van der Waals surface area contributed by atoms with Crippen molar-refractivity contribution in [2.24, 2.45) is 5.73 Å². The highest BCUT2D eigenvalue weighted by Crippen LogP contribution is 2.47. The molecule has 1 heterocycles. The van der Waals surface area contributed by atoms with Gasteiger partial charge in [-0.05, 0) is 18.9 Å². The lowest BCUT2D eigenvalue weighted by atomic mass is 9.69. The van der Waals surface area contributed by atoms with E-state index in [-0.39, 0.29) is 10.4 Å². The van der Waals surface area contributed by atoms with Crippen molar-refractivity contribution in [3.63, 3.8) is 0 Å². The molecule has 1 aromatic carbocycles. The van der Waals surface area contributed by atoms with Gasteiger partial charge in [0.25, 0.3) is 0 Å². The minimum atomic E-state index is -0.395. The Balaban J connectivity index is 2.10. The normalized spacial score (nSPS) is 20.9. The molecule has 0 atom stereocenters. The lowest BCUT2D eigenvalue weighted by Crippen LogP contribution is -2.38. The Bertz CT molecular complexity index is 529. The van der Waals surface area contributed by atoms with Crippen molar-refractivity contribution in [2.45, 2.75) is 43.9 Å². The molecule has 0 spiro atoms. The summed E-state index contributed by atoms with van der Waals surface area (Å²) < 4.78 is 26.0. The standard InChI is InChI=1S/C16H21ClFNO2/c17-13-14(18)11(16(10-19)5-2-1-3-6-16)9-12-15(13)21-8-4-7-20-12/h9H,1-8,10,19H2. The van der Waals surface area contributed by atoms with Gasteiger partial charge in [0.05, 0.1) is 13.2 Å². The summed E-state index contributed by atoms with van der Waals surface area (Å²) in [5.74, 6) is 0.485. The van der Waals surface area contributed by atoms with E-state index in [4.69, 9.17) is 26.8 Å². The summed E-state index contributed by atoms with van der Waals surface area (Å²) in [6, 6.07) is 1.76. The van der Waals surface area contributed by atoms with Gasteiger partial charge >= 0.3 is 0 Å². The fourth-order valence-corrected chi connectivity index (χ4v) is 3.69. The highest BCUT2D eigenvalue weighted by Gasteiger charge is 2.37. The molecule has 2 aliphatic rings. The fraction of sp³-hybridized carbons (Fsp3) is 0.625. The van der Waals surface area contributed by atoms with Gasteiger partial charge in [0.15, 0.2) is 11.5 Å². The first-order valence-corrected chi connectivity index (χ1v) is 8.04. The Morgan fingerprint density at radius 3 is 2.57 bits per heavy atom. The van der Waals surface area contributed by atoms with Crippen LogP contribution in [0.1, 0.15) is 44.1 Å². The zero-order chi connectivity index (χ0) is 14.9. The number of halogens is 2. The lowest BCUT2D eigenvalue weighted by molar-refractivity contribution is 0.286. The molecule has 0 unspecified atom stereocenters. The van der Waals surface area contributed by atoms with Crippen molar-refractivity contribution in [1.82, 2.24) is 0 Å². The number of rotatable bonds is 2. The maximum absolute atomic E-state index is 14.8. The van der Waals surface area contributed by atoms with Gasteiger partial charge < -0.3 is 15.2 Å². The predicted octanol–water partition coefficient (Wildman–Crippen LogP) is 3.80. The molecule has 1 aromatic rings. The number of hydrogen-bond acceptors (Lipinski definition) is 3. The van der Waals surface area contributed by atoms with Crippen molar-refractivity contribution in [3.05, 3.63) is 22.5 Å². The summed E-state index contributed by atoms with van der Waals surface area (Å²) in [5, 5.41) is 0.0304. The molecule has 5 heteroatoms. The number of benzene rings is 1. The van der Waals surface area contributed by atoms with Crippen LogP contribution >= 0.6 is 11.6 Å². The van der Waals surface area contributed by atoms with Crippen LogP contribution < -0.4 is 15.2 Å². The molecule has 0 aromatic heterocycles. The van der Waals surface area contributed by atoms with Crippen molar-refractivity contribution in [1.29, 1.82) is 0 Å². The molecule has 1 aliphatic carbocycles. The molecule has 1 saturated carbocycles. The molecule has 21 heavy (non-hydrogen) atoms. The molecule has 1 fully saturated rings.